The number of carboxylic acid groups (broad SMARTS) is 1. The fourth-order valence-electron chi connectivity index (χ4n) is 2.29. The first-order valence-electron chi connectivity index (χ1n) is 6.31. The molecule has 98 valence electrons. The molecule has 0 spiro atoms. The molecule has 0 unspecified atom stereocenters. The maximum Gasteiger partial charge on any atom is 0.326 e. The Morgan fingerprint density at radius 1 is 1.35 bits per heavy atom. The second kappa shape index (κ2) is 6.59. The number of amides is 1. The molecule has 1 fully saturated rings. The minimum atomic E-state index is -0.962. The van der Waals surface area contributed by atoms with E-state index in [0.29, 0.717) is 18.9 Å². The predicted molar refractivity (Wildman–Crippen MR) is 64.4 cm³/mol. The lowest BCUT2D eigenvalue weighted by Crippen LogP contribution is -2.44. The number of rotatable bonds is 5. The lowest BCUT2D eigenvalue weighted by atomic mass is 9.81. The summed E-state index contributed by atoms with van der Waals surface area (Å²) in [7, 11) is 0. The molecule has 1 rings (SSSR count). The van der Waals surface area contributed by atoms with Crippen LogP contribution < -0.4 is 11.1 Å². The Kier molecular flexibility index (Phi) is 5.41. The van der Waals surface area contributed by atoms with Crippen LogP contribution in [0.25, 0.3) is 0 Å². The molecule has 1 amide bonds. The van der Waals surface area contributed by atoms with E-state index in [1.165, 1.54) is 0 Å². The molecule has 17 heavy (non-hydrogen) atoms. The Morgan fingerprint density at radius 2 is 1.94 bits per heavy atom. The van der Waals surface area contributed by atoms with Gasteiger partial charge in [0.25, 0.3) is 0 Å². The van der Waals surface area contributed by atoms with Crippen LogP contribution in [-0.4, -0.2) is 29.6 Å². The van der Waals surface area contributed by atoms with Crippen molar-refractivity contribution in [3.8, 4) is 0 Å². The molecular formula is C12H22N2O3. The Balaban J connectivity index is 2.41. The third-order valence-corrected chi connectivity index (χ3v) is 3.57. The van der Waals surface area contributed by atoms with Crippen LogP contribution in [0, 0.1) is 11.8 Å². The van der Waals surface area contributed by atoms with Gasteiger partial charge in [-0.05, 0) is 44.6 Å². The molecule has 0 aromatic heterocycles. The van der Waals surface area contributed by atoms with Crippen molar-refractivity contribution in [3.63, 3.8) is 0 Å². The number of hydrogen-bond acceptors (Lipinski definition) is 3. The van der Waals surface area contributed by atoms with Crippen LogP contribution >= 0.6 is 0 Å². The van der Waals surface area contributed by atoms with Gasteiger partial charge in [0.15, 0.2) is 0 Å². The number of carbonyl (C=O) groups is 2. The Bertz CT molecular complexity index is 273. The first kappa shape index (κ1) is 14.0. The van der Waals surface area contributed by atoms with Crippen LogP contribution in [0.4, 0.5) is 0 Å². The molecule has 1 aliphatic carbocycles. The summed E-state index contributed by atoms with van der Waals surface area (Å²) in [5, 5.41) is 11.5. The van der Waals surface area contributed by atoms with Crippen LogP contribution in [0.5, 0.6) is 0 Å². The maximum absolute atomic E-state index is 11.9. The van der Waals surface area contributed by atoms with Gasteiger partial charge in [0.2, 0.25) is 5.91 Å². The Morgan fingerprint density at radius 3 is 2.35 bits per heavy atom. The van der Waals surface area contributed by atoms with Gasteiger partial charge in [0.05, 0.1) is 0 Å². The molecule has 0 bridgehead atoms. The lowest BCUT2D eigenvalue weighted by molar-refractivity contribution is -0.142. The summed E-state index contributed by atoms with van der Waals surface area (Å²) >= 11 is 0. The lowest BCUT2D eigenvalue weighted by Gasteiger charge is -2.27. The summed E-state index contributed by atoms with van der Waals surface area (Å²) in [6.45, 7) is 2.44. The van der Waals surface area contributed by atoms with Crippen molar-refractivity contribution >= 4 is 11.9 Å². The number of nitrogens with one attached hydrogen (secondary N) is 1. The molecular weight excluding hydrogens is 220 g/mol. The van der Waals surface area contributed by atoms with Crippen molar-refractivity contribution in [1.82, 2.24) is 5.32 Å². The largest absolute Gasteiger partial charge is 0.480 e. The van der Waals surface area contributed by atoms with E-state index in [1.54, 1.807) is 6.92 Å². The molecule has 1 aliphatic rings. The molecule has 0 aromatic carbocycles. The standard InChI is InChI=1S/C12H22N2O3/c1-2-10(12(16)17)14-11(15)9-5-3-8(7-13)4-6-9/h8-10H,2-7,13H2,1H3,(H,14,15)(H,16,17)/t8?,9?,10-/m0/s1. The maximum atomic E-state index is 11.9. The van der Waals surface area contributed by atoms with Crippen molar-refractivity contribution in [1.29, 1.82) is 0 Å². The van der Waals surface area contributed by atoms with Gasteiger partial charge in [-0.2, -0.15) is 0 Å². The van der Waals surface area contributed by atoms with Gasteiger partial charge in [-0.15, -0.1) is 0 Å². The zero-order valence-electron chi connectivity index (χ0n) is 10.3. The van der Waals surface area contributed by atoms with Crippen molar-refractivity contribution in [2.45, 2.75) is 45.1 Å². The van der Waals surface area contributed by atoms with Crippen LogP contribution in [-0.2, 0) is 9.59 Å². The van der Waals surface area contributed by atoms with E-state index in [1.807, 2.05) is 0 Å². The second-order valence-electron chi connectivity index (χ2n) is 4.76. The Hall–Kier alpha value is -1.10. The van der Waals surface area contributed by atoms with Crippen molar-refractivity contribution in [2.75, 3.05) is 6.54 Å². The average Bonchev–Trinajstić information content (AvgIpc) is 2.35. The van der Waals surface area contributed by atoms with E-state index in [0.717, 1.165) is 25.7 Å². The van der Waals surface area contributed by atoms with Gasteiger partial charge in [-0.25, -0.2) is 4.79 Å². The minimum Gasteiger partial charge on any atom is -0.480 e. The highest BCUT2D eigenvalue weighted by Crippen LogP contribution is 2.28. The minimum absolute atomic E-state index is 0.0359. The number of hydrogen-bond donors (Lipinski definition) is 3. The molecule has 5 heteroatoms. The zero-order valence-corrected chi connectivity index (χ0v) is 10.3. The van der Waals surface area contributed by atoms with Crippen LogP contribution in [0.3, 0.4) is 0 Å². The number of carboxylic acids is 1. The third kappa shape index (κ3) is 4.00. The molecule has 1 saturated carbocycles. The van der Waals surface area contributed by atoms with Crippen LogP contribution in [0.1, 0.15) is 39.0 Å². The highest BCUT2D eigenvalue weighted by Gasteiger charge is 2.28. The van der Waals surface area contributed by atoms with Crippen LogP contribution in [0.2, 0.25) is 0 Å². The molecule has 1 atom stereocenters. The number of aliphatic carboxylic acids is 1. The summed E-state index contributed by atoms with van der Waals surface area (Å²) < 4.78 is 0. The predicted octanol–water partition coefficient (Wildman–Crippen LogP) is 0.731. The van der Waals surface area contributed by atoms with E-state index < -0.39 is 12.0 Å². The van der Waals surface area contributed by atoms with Gasteiger partial charge in [-0.1, -0.05) is 6.92 Å². The Labute approximate surface area is 102 Å². The van der Waals surface area contributed by atoms with E-state index in [-0.39, 0.29) is 11.8 Å². The average molecular weight is 242 g/mol. The zero-order chi connectivity index (χ0) is 12.8. The van der Waals surface area contributed by atoms with Crippen LogP contribution in [0.15, 0.2) is 0 Å². The van der Waals surface area contributed by atoms with E-state index in [9.17, 15) is 9.59 Å². The van der Waals surface area contributed by atoms with Gasteiger partial charge >= 0.3 is 5.97 Å². The first-order chi connectivity index (χ1) is 8.08. The fourth-order valence-corrected chi connectivity index (χ4v) is 2.29. The van der Waals surface area contributed by atoms with E-state index in [2.05, 4.69) is 5.32 Å². The summed E-state index contributed by atoms with van der Waals surface area (Å²) in [5.41, 5.74) is 5.59. The fraction of sp³-hybridized carbons (Fsp3) is 0.833. The van der Waals surface area contributed by atoms with E-state index >= 15 is 0 Å². The van der Waals surface area contributed by atoms with Gasteiger partial charge in [0.1, 0.15) is 6.04 Å². The molecule has 4 N–H and O–H groups in total. The second-order valence-corrected chi connectivity index (χ2v) is 4.76. The molecule has 0 saturated heterocycles. The summed E-state index contributed by atoms with van der Waals surface area (Å²) in [4.78, 5) is 22.7. The molecule has 0 radical (unpaired) electrons. The normalized spacial score (nSPS) is 26.2. The summed E-state index contributed by atoms with van der Waals surface area (Å²) in [6, 6.07) is -0.755. The topological polar surface area (TPSA) is 92.4 Å². The monoisotopic (exact) mass is 242 g/mol. The smallest absolute Gasteiger partial charge is 0.326 e. The highest BCUT2D eigenvalue weighted by atomic mass is 16.4. The molecule has 5 nitrogen and oxygen atoms in total. The van der Waals surface area contributed by atoms with Gasteiger partial charge < -0.3 is 16.2 Å². The van der Waals surface area contributed by atoms with E-state index in [4.69, 9.17) is 10.8 Å². The first-order valence-corrected chi connectivity index (χ1v) is 6.31. The summed E-state index contributed by atoms with van der Waals surface area (Å²) in [5.74, 6) is -0.585. The third-order valence-electron chi connectivity index (χ3n) is 3.57. The molecule has 0 heterocycles. The molecule has 0 aliphatic heterocycles. The van der Waals surface area contributed by atoms with Crippen molar-refractivity contribution in [3.05, 3.63) is 0 Å². The highest BCUT2D eigenvalue weighted by molar-refractivity contribution is 5.84. The molecule has 0 aromatic rings. The number of carbonyl (C=O) groups excluding carboxylic acids is 1. The summed E-state index contributed by atoms with van der Waals surface area (Å²) in [6.07, 6.45) is 4.00. The SMILES string of the molecule is CC[C@H](NC(=O)C1CCC(CN)CC1)C(=O)O. The van der Waals surface area contributed by atoms with Crippen molar-refractivity contribution < 1.29 is 14.7 Å². The van der Waals surface area contributed by atoms with Gasteiger partial charge in [-0.3, -0.25) is 4.79 Å². The van der Waals surface area contributed by atoms with Crippen molar-refractivity contribution in [2.24, 2.45) is 17.6 Å². The van der Waals surface area contributed by atoms with Gasteiger partial charge in [0, 0.05) is 5.92 Å². The number of nitrogens with two attached hydrogens (primary N) is 1. The quantitative estimate of drug-likeness (QED) is 0.662.